The van der Waals surface area contributed by atoms with Gasteiger partial charge in [0.05, 0.1) is 48.2 Å². The molecule has 220 valence electrons. The zero-order valence-corrected chi connectivity index (χ0v) is 25.4. The number of nitrogens with zero attached hydrogens (tertiary/aromatic N) is 4. The highest BCUT2D eigenvalue weighted by Gasteiger charge is 2.48. The van der Waals surface area contributed by atoms with Crippen molar-refractivity contribution in [3.05, 3.63) is 87.3 Å². The van der Waals surface area contributed by atoms with Crippen molar-refractivity contribution in [2.75, 3.05) is 4.90 Å². The number of benzene rings is 3. The van der Waals surface area contributed by atoms with Crippen molar-refractivity contribution >= 4 is 91.1 Å². The maximum Gasteiger partial charge on any atom is 0.283 e. The summed E-state index contributed by atoms with van der Waals surface area (Å²) in [7, 11) is 0. The van der Waals surface area contributed by atoms with E-state index in [0.29, 0.717) is 41.8 Å². The second-order valence-electron chi connectivity index (χ2n) is 10.5. The average Bonchev–Trinajstić information content (AvgIpc) is 3.66. The van der Waals surface area contributed by atoms with Gasteiger partial charge >= 0.3 is 0 Å². The number of nitro groups is 1. The highest BCUT2D eigenvalue weighted by molar-refractivity contribution is 8.18. The minimum atomic E-state index is -0.454. The Morgan fingerprint density at radius 3 is 2.48 bits per heavy atom. The first-order valence-electron chi connectivity index (χ1n) is 13.9. The highest BCUT2D eigenvalue weighted by Crippen LogP contribution is 2.43. The summed E-state index contributed by atoms with van der Waals surface area (Å²) in [5, 5.41) is 15.2. The summed E-state index contributed by atoms with van der Waals surface area (Å²) in [5.74, 6) is -1.04. The number of imide groups is 1. The van der Waals surface area contributed by atoms with Crippen LogP contribution in [0.5, 0.6) is 0 Å². The number of hydrogen-bond acceptors (Lipinski definition) is 10. The first-order chi connectivity index (χ1) is 21.3. The van der Waals surface area contributed by atoms with E-state index in [1.807, 2.05) is 30.3 Å². The van der Waals surface area contributed by atoms with E-state index >= 15 is 0 Å². The fraction of sp³-hybridized carbons (Fsp3) is 0.194. The number of amidine groups is 1. The lowest BCUT2D eigenvalue weighted by atomic mass is 9.81. The number of anilines is 1. The van der Waals surface area contributed by atoms with Gasteiger partial charge in [-0.05, 0) is 72.6 Å². The minimum Gasteiger partial charge on any atom is -0.300 e. The Morgan fingerprint density at radius 1 is 1.00 bits per heavy atom. The molecule has 2 saturated heterocycles. The van der Waals surface area contributed by atoms with Crippen molar-refractivity contribution in [2.24, 2.45) is 16.8 Å². The molecule has 1 aromatic heterocycles. The first-order valence-corrected chi connectivity index (χ1v) is 16.4. The van der Waals surface area contributed by atoms with E-state index in [-0.39, 0.29) is 35.2 Å². The van der Waals surface area contributed by atoms with Crippen LogP contribution in [0, 0.1) is 22.0 Å². The van der Waals surface area contributed by atoms with Crippen LogP contribution < -0.4 is 10.2 Å². The average molecular weight is 642 g/mol. The summed E-state index contributed by atoms with van der Waals surface area (Å²) in [6.45, 7) is 0. The van der Waals surface area contributed by atoms with Gasteiger partial charge in [-0.1, -0.05) is 48.9 Å². The molecular weight excluding hydrogens is 619 g/mol. The third-order valence-corrected chi connectivity index (χ3v) is 10.8. The number of fused-ring (bicyclic) bond motifs is 2. The summed E-state index contributed by atoms with van der Waals surface area (Å²) >= 11 is 3.68. The van der Waals surface area contributed by atoms with Crippen molar-refractivity contribution in [1.29, 1.82) is 0 Å². The Hall–Kier alpha value is -4.33. The molecule has 7 rings (SSSR count). The minimum absolute atomic E-state index is 0.109. The van der Waals surface area contributed by atoms with Crippen molar-refractivity contribution in [3.8, 4) is 0 Å². The van der Waals surface area contributed by atoms with E-state index in [1.54, 1.807) is 36.4 Å². The Bertz CT molecular complexity index is 1900. The number of aromatic nitrogens is 1. The standard InChI is InChI=1S/C31H23N5O5S3/c37-27-26(42-30(34-27)32-18-6-2-1-3-7-18)15-17-10-13-24(23(14-17)36(40)41)43-31-33-22-12-11-19(16-25(22)44-31)35-28(38)20-8-4-5-9-21(20)29(35)39/h1-3,6-7,10-16,20-21H,4-5,8-9H2,(H,32,34,37)/b26-15-/t20-,21-/m1/s1. The van der Waals surface area contributed by atoms with Crippen molar-refractivity contribution in [3.63, 3.8) is 0 Å². The molecule has 44 heavy (non-hydrogen) atoms. The number of rotatable bonds is 6. The molecule has 1 N–H and O–H groups in total. The lowest BCUT2D eigenvalue weighted by Gasteiger charge is -2.19. The summed E-state index contributed by atoms with van der Waals surface area (Å²) < 4.78 is 1.37. The molecule has 3 aliphatic rings. The van der Waals surface area contributed by atoms with Crippen molar-refractivity contribution in [1.82, 2.24) is 10.3 Å². The third-order valence-electron chi connectivity index (χ3n) is 7.76. The number of para-hydroxylation sites is 1. The molecule has 4 aromatic rings. The van der Waals surface area contributed by atoms with Crippen LogP contribution in [0.1, 0.15) is 31.2 Å². The topological polar surface area (TPSA) is 135 Å². The molecule has 2 aliphatic heterocycles. The van der Waals surface area contributed by atoms with Crippen LogP contribution in [0.15, 0.2) is 85.9 Å². The van der Waals surface area contributed by atoms with Crippen LogP contribution in [0.3, 0.4) is 0 Å². The number of thiazole rings is 1. The fourth-order valence-electron chi connectivity index (χ4n) is 5.69. The molecule has 10 nitrogen and oxygen atoms in total. The molecule has 13 heteroatoms. The molecule has 3 heterocycles. The Labute approximate surface area is 263 Å². The van der Waals surface area contributed by atoms with Gasteiger partial charge in [-0.3, -0.25) is 29.4 Å². The number of thioether (sulfide) groups is 1. The van der Waals surface area contributed by atoms with Gasteiger partial charge in [0, 0.05) is 6.07 Å². The second kappa shape index (κ2) is 11.6. The highest BCUT2D eigenvalue weighted by atomic mass is 32.2. The van der Waals surface area contributed by atoms with Gasteiger partial charge in [-0.25, -0.2) is 9.98 Å². The second-order valence-corrected chi connectivity index (χ2v) is 13.9. The van der Waals surface area contributed by atoms with E-state index in [0.717, 1.165) is 30.4 Å². The summed E-state index contributed by atoms with van der Waals surface area (Å²) in [5.41, 5.74) is 2.32. The van der Waals surface area contributed by atoms with E-state index in [9.17, 15) is 24.5 Å². The number of carbonyl (C=O) groups excluding carboxylic acids is 3. The van der Waals surface area contributed by atoms with E-state index in [1.165, 1.54) is 45.8 Å². The number of aliphatic imine (C=N–C) groups is 1. The number of amides is 3. The third kappa shape index (κ3) is 5.42. The molecule has 0 bridgehead atoms. The normalized spacial score (nSPS) is 21.8. The number of nitro benzene ring substituents is 1. The fourth-order valence-corrected chi connectivity index (χ4v) is 8.67. The molecule has 0 spiro atoms. The number of nitrogens with one attached hydrogen (secondary N) is 1. The molecule has 3 aromatic carbocycles. The van der Waals surface area contributed by atoms with Crippen molar-refractivity contribution in [2.45, 2.75) is 34.9 Å². The van der Waals surface area contributed by atoms with Gasteiger partial charge < -0.3 is 5.32 Å². The van der Waals surface area contributed by atoms with E-state index < -0.39 is 4.92 Å². The summed E-state index contributed by atoms with van der Waals surface area (Å²) in [6.07, 6.45) is 5.03. The largest absolute Gasteiger partial charge is 0.300 e. The molecule has 0 unspecified atom stereocenters. The first kappa shape index (κ1) is 28.4. The van der Waals surface area contributed by atoms with Crippen LogP contribution in [0.25, 0.3) is 16.3 Å². The lowest BCUT2D eigenvalue weighted by Crippen LogP contribution is -2.30. The number of hydrogen-bond donors (Lipinski definition) is 1. The van der Waals surface area contributed by atoms with E-state index in [4.69, 9.17) is 0 Å². The van der Waals surface area contributed by atoms with Gasteiger partial charge in [0.2, 0.25) is 11.8 Å². The van der Waals surface area contributed by atoms with Crippen LogP contribution in [-0.4, -0.2) is 32.8 Å². The Morgan fingerprint density at radius 2 is 1.75 bits per heavy atom. The zero-order chi connectivity index (χ0) is 30.4. The maximum atomic E-state index is 13.1. The Kier molecular flexibility index (Phi) is 7.52. The predicted octanol–water partition coefficient (Wildman–Crippen LogP) is 6.93. The van der Waals surface area contributed by atoms with Gasteiger partial charge in [-0.2, -0.15) is 0 Å². The monoisotopic (exact) mass is 641 g/mol. The number of carbonyl (C=O) groups is 3. The smallest absolute Gasteiger partial charge is 0.283 e. The van der Waals surface area contributed by atoms with E-state index in [2.05, 4.69) is 15.3 Å². The van der Waals surface area contributed by atoms with Crippen LogP contribution >= 0.6 is 34.9 Å². The van der Waals surface area contributed by atoms with Gasteiger partial charge in [0.15, 0.2) is 9.51 Å². The zero-order valence-electron chi connectivity index (χ0n) is 23.0. The summed E-state index contributed by atoms with van der Waals surface area (Å²) in [4.78, 5) is 61.4. The quantitative estimate of drug-likeness (QED) is 0.104. The van der Waals surface area contributed by atoms with Gasteiger partial charge in [-0.15, -0.1) is 11.3 Å². The van der Waals surface area contributed by atoms with Crippen molar-refractivity contribution < 1.29 is 19.3 Å². The predicted molar refractivity (Wildman–Crippen MR) is 172 cm³/mol. The maximum absolute atomic E-state index is 13.1. The molecular formula is C31H23N5O5S3. The molecule has 3 amide bonds. The molecule has 3 fully saturated rings. The molecule has 1 saturated carbocycles. The van der Waals surface area contributed by atoms with Gasteiger partial charge in [0.25, 0.3) is 11.6 Å². The SMILES string of the molecule is O=C1NC(=Nc2ccccc2)S/C1=C\c1ccc(Sc2nc3ccc(N4C(=O)[C@@H]5CCCC[C@H]5C4=O)cc3s2)c([N+](=O)[O-])c1. The summed E-state index contributed by atoms with van der Waals surface area (Å²) in [6, 6.07) is 19.3. The molecule has 2 atom stereocenters. The van der Waals surface area contributed by atoms with Crippen LogP contribution in [-0.2, 0) is 14.4 Å². The molecule has 1 aliphatic carbocycles. The Balaban J connectivity index is 1.12. The molecule has 0 radical (unpaired) electrons. The van der Waals surface area contributed by atoms with Crippen LogP contribution in [0.4, 0.5) is 17.1 Å². The van der Waals surface area contributed by atoms with Gasteiger partial charge in [0.1, 0.15) is 0 Å². The van der Waals surface area contributed by atoms with Crippen LogP contribution in [0.2, 0.25) is 0 Å². The lowest BCUT2D eigenvalue weighted by molar-refractivity contribution is -0.387.